The average Bonchev–Trinajstić information content (AvgIpc) is 2.39. The molecule has 94 valence electrons. The third kappa shape index (κ3) is 3.97. The van der Waals surface area contributed by atoms with E-state index in [0.717, 1.165) is 12.8 Å². The molecule has 1 aliphatic rings. The van der Waals surface area contributed by atoms with Gasteiger partial charge in [-0.2, -0.15) is 5.26 Å². The van der Waals surface area contributed by atoms with E-state index in [1.807, 2.05) is 12.3 Å². The first kappa shape index (κ1) is 13.9. The van der Waals surface area contributed by atoms with Crippen molar-refractivity contribution in [3.8, 4) is 6.07 Å². The number of hydrogen-bond donors (Lipinski definition) is 1. The van der Waals surface area contributed by atoms with Gasteiger partial charge in [0.1, 0.15) is 6.07 Å². The third-order valence-corrected chi connectivity index (χ3v) is 3.60. The van der Waals surface area contributed by atoms with Gasteiger partial charge in [-0.3, -0.25) is 0 Å². The highest BCUT2D eigenvalue weighted by atomic mass is 32.2. The smallest absolute Gasteiger partial charge is 0.351 e. The fourth-order valence-corrected chi connectivity index (χ4v) is 2.57. The first-order valence-corrected chi connectivity index (χ1v) is 6.98. The zero-order chi connectivity index (χ0) is 12.7. The SMILES string of the molecule is COC(=O)/C(C#N)=C(\NC1CCCCC1)SC. The first-order valence-electron chi connectivity index (χ1n) is 5.76. The second-order valence-corrected chi connectivity index (χ2v) is 4.81. The number of nitrogens with one attached hydrogen (secondary N) is 1. The monoisotopic (exact) mass is 254 g/mol. The molecule has 0 radical (unpaired) electrons. The van der Waals surface area contributed by atoms with Crippen molar-refractivity contribution in [2.45, 2.75) is 38.1 Å². The van der Waals surface area contributed by atoms with E-state index in [0.29, 0.717) is 11.1 Å². The molecule has 0 bridgehead atoms. The number of carbonyl (C=O) groups is 1. The molecule has 17 heavy (non-hydrogen) atoms. The number of rotatable bonds is 4. The second-order valence-electron chi connectivity index (χ2n) is 3.99. The van der Waals surface area contributed by atoms with Gasteiger partial charge in [-0.05, 0) is 19.1 Å². The van der Waals surface area contributed by atoms with Crippen LogP contribution in [0.5, 0.6) is 0 Å². The van der Waals surface area contributed by atoms with Crippen molar-refractivity contribution in [3.05, 3.63) is 10.6 Å². The Bertz CT molecular complexity index is 341. The van der Waals surface area contributed by atoms with Crippen LogP contribution in [0.1, 0.15) is 32.1 Å². The topological polar surface area (TPSA) is 62.1 Å². The Kier molecular flexibility index (Phi) is 5.92. The lowest BCUT2D eigenvalue weighted by molar-refractivity contribution is -0.135. The number of methoxy groups -OCH3 is 1. The van der Waals surface area contributed by atoms with Gasteiger partial charge in [-0.25, -0.2) is 4.79 Å². The minimum absolute atomic E-state index is 0.0746. The molecule has 1 N–H and O–H groups in total. The van der Waals surface area contributed by atoms with Crippen molar-refractivity contribution in [1.29, 1.82) is 5.26 Å². The maximum absolute atomic E-state index is 11.4. The minimum Gasteiger partial charge on any atom is -0.465 e. The molecular formula is C12H18N2O2S. The van der Waals surface area contributed by atoms with E-state index in [4.69, 9.17) is 5.26 Å². The molecule has 0 aromatic heterocycles. The summed E-state index contributed by atoms with van der Waals surface area (Å²) in [7, 11) is 1.29. The first-order chi connectivity index (χ1) is 8.22. The summed E-state index contributed by atoms with van der Waals surface area (Å²) in [6.07, 6.45) is 7.75. The fourth-order valence-electron chi connectivity index (χ4n) is 1.96. The van der Waals surface area contributed by atoms with E-state index in [9.17, 15) is 4.79 Å². The van der Waals surface area contributed by atoms with E-state index in [1.165, 1.54) is 38.1 Å². The molecule has 0 aliphatic heterocycles. The molecule has 0 aromatic rings. The molecule has 4 nitrogen and oxygen atoms in total. The average molecular weight is 254 g/mol. The standard InChI is InChI=1S/C12H18N2O2S/c1-16-12(15)10(8-13)11(17-2)14-9-6-4-3-5-7-9/h9,14H,3-7H2,1-2H3/b11-10+. The zero-order valence-electron chi connectivity index (χ0n) is 10.3. The van der Waals surface area contributed by atoms with Crippen LogP contribution in [-0.4, -0.2) is 25.4 Å². The van der Waals surface area contributed by atoms with Gasteiger partial charge in [-0.15, -0.1) is 11.8 Å². The summed E-state index contributed by atoms with van der Waals surface area (Å²) in [5.41, 5.74) is 0.0746. The molecule has 1 rings (SSSR count). The van der Waals surface area contributed by atoms with Crippen LogP contribution in [0.3, 0.4) is 0 Å². The van der Waals surface area contributed by atoms with Gasteiger partial charge in [0.25, 0.3) is 0 Å². The van der Waals surface area contributed by atoms with Gasteiger partial charge < -0.3 is 10.1 Å². The highest BCUT2D eigenvalue weighted by Gasteiger charge is 2.19. The Labute approximate surface area is 106 Å². The van der Waals surface area contributed by atoms with E-state index in [1.54, 1.807) is 0 Å². The maximum atomic E-state index is 11.4. The number of thioether (sulfide) groups is 1. The summed E-state index contributed by atoms with van der Waals surface area (Å²) in [5.74, 6) is -0.569. The van der Waals surface area contributed by atoms with Crippen LogP contribution in [0.15, 0.2) is 10.6 Å². The molecule has 1 saturated carbocycles. The van der Waals surface area contributed by atoms with Crippen LogP contribution in [-0.2, 0) is 9.53 Å². The lowest BCUT2D eigenvalue weighted by atomic mass is 9.96. The molecule has 0 saturated heterocycles. The number of ether oxygens (including phenoxy) is 1. The Hall–Kier alpha value is -1.15. The Morgan fingerprint density at radius 1 is 1.41 bits per heavy atom. The summed E-state index contributed by atoms with van der Waals surface area (Å²) in [5, 5.41) is 12.9. The second kappa shape index (κ2) is 7.23. The summed E-state index contributed by atoms with van der Waals surface area (Å²) in [6.45, 7) is 0. The van der Waals surface area contributed by atoms with Crippen LogP contribution >= 0.6 is 11.8 Å². The molecule has 0 unspecified atom stereocenters. The van der Waals surface area contributed by atoms with Gasteiger partial charge in [0.2, 0.25) is 0 Å². The van der Waals surface area contributed by atoms with Crippen molar-refractivity contribution in [2.75, 3.05) is 13.4 Å². The third-order valence-electron chi connectivity index (χ3n) is 2.87. The van der Waals surface area contributed by atoms with Gasteiger partial charge in [0.15, 0.2) is 5.57 Å². The molecular weight excluding hydrogens is 236 g/mol. The van der Waals surface area contributed by atoms with Gasteiger partial charge in [0.05, 0.1) is 12.1 Å². The Morgan fingerprint density at radius 2 is 2.06 bits per heavy atom. The van der Waals surface area contributed by atoms with Crippen molar-refractivity contribution < 1.29 is 9.53 Å². The van der Waals surface area contributed by atoms with Gasteiger partial charge in [-0.1, -0.05) is 19.3 Å². The van der Waals surface area contributed by atoms with E-state index >= 15 is 0 Å². The highest BCUT2D eigenvalue weighted by Crippen LogP contribution is 2.22. The quantitative estimate of drug-likeness (QED) is 0.473. The lowest BCUT2D eigenvalue weighted by Crippen LogP contribution is -2.31. The molecule has 5 heteroatoms. The Balaban J connectivity index is 2.77. The number of hydrogen-bond acceptors (Lipinski definition) is 5. The van der Waals surface area contributed by atoms with Crippen molar-refractivity contribution in [3.63, 3.8) is 0 Å². The van der Waals surface area contributed by atoms with E-state index < -0.39 is 5.97 Å². The van der Waals surface area contributed by atoms with Crippen LogP contribution in [0.25, 0.3) is 0 Å². The largest absolute Gasteiger partial charge is 0.465 e. The highest BCUT2D eigenvalue weighted by molar-refractivity contribution is 8.02. The van der Waals surface area contributed by atoms with E-state index in [-0.39, 0.29) is 5.57 Å². The molecule has 0 aromatic carbocycles. The number of nitrogens with zero attached hydrogens (tertiary/aromatic N) is 1. The van der Waals surface area contributed by atoms with Crippen LogP contribution in [0.4, 0.5) is 0 Å². The summed E-state index contributed by atoms with van der Waals surface area (Å²) >= 11 is 1.39. The van der Waals surface area contributed by atoms with Crippen molar-refractivity contribution in [2.24, 2.45) is 0 Å². The molecule has 1 fully saturated rings. The maximum Gasteiger partial charge on any atom is 0.351 e. The zero-order valence-corrected chi connectivity index (χ0v) is 11.1. The van der Waals surface area contributed by atoms with Gasteiger partial charge in [0, 0.05) is 6.04 Å². The van der Waals surface area contributed by atoms with Crippen LogP contribution < -0.4 is 5.32 Å². The molecule has 0 amide bonds. The van der Waals surface area contributed by atoms with Crippen LogP contribution in [0.2, 0.25) is 0 Å². The van der Waals surface area contributed by atoms with Crippen molar-refractivity contribution in [1.82, 2.24) is 5.32 Å². The van der Waals surface area contributed by atoms with Crippen molar-refractivity contribution >= 4 is 17.7 Å². The van der Waals surface area contributed by atoms with E-state index in [2.05, 4.69) is 10.1 Å². The van der Waals surface area contributed by atoms with Crippen LogP contribution in [0, 0.1) is 11.3 Å². The predicted molar refractivity (Wildman–Crippen MR) is 68.2 cm³/mol. The van der Waals surface area contributed by atoms with Gasteiger partial charge >= 0.3 is 5.97 Å². The number of esters is 1. The Morgan fingerprint density at radius 3 is 2.53 bits per heavy atom. The number of nitriles is 1. The fraction of sp³-hybridized carbons (Fsp3) is 0.667. The summed E-state index contributed by atoms with van der Waals surface area (Å²) < 4.78 is 4.60. The molecule has 0 spiro atoms. The molecule has 1 aliphatic carbocycles. The predicted octanol–water partition coefficient (Wildman–Crippen LogP) is 2.18. The lowest BCUT2D eigenvalue weighted by Gasteiger charge is -2.24. The minimum atomic E-state index is -0.569. The summed E-state index contributed by atoms with van der Waals surface area (Å²) in [4.78, 5) is 11.4. The summed E-state index contributed by atoms with van der Waals surface area (Å²) in [6, 6.07) is 2.29. The molecule has 0 atom stereocenters. The number of carbonyl (C=O) groups excluding carboxylic acids is 1. The molecule has 0 heterocycles. The normalized spacial score (nSPS) is 17.9.